The number of piperidine rings is 1. The Morgan fingerprint density at radius 1 is 1.43 bits per heavy atom. The van der Waals surface area contributed by atoms with E-state index in [2.05, 4.69) is 12.2 Å². The van der Waals surface area contributed by atoms with E-state index in [-0.39, 0.29) is 11.4 Å². The van der Waals surface area contributed by atoms with Crippen molar-refractivity contribution in [3.63, 3.8) is 0 Å². The molecule has 114 valence electrons. The summed E-state index contributed by atoms with van der Waals surface area (Å²) >= 11 is 11.2. The van der Waals surface area contributed by atoms with Crippen molar-refractivity contribution in [1.82, 2.24) is 4.90 Å². The van der Waals surface area contributed by atoms with E-state index in [4.69, 9.17) is 29.6 Å². The zero-order valence-electron chi connectivity index (χ0n) is 12.3. The van der Waals surface area contributed by atoms with Crippen LogP contribution in [0.3, 0.4) is 0 Å². The quantitative estimate of drug-likeness (QED) is 0.817. The van der Waals surface area contributed by atoms with Crippen LogP contribution in [0.5, 0.6) is 0 Å². The Labute approximate surface area is 135 Å². The Morgan fingerprint density at radius 2 is 2.05 bits per heavy atom. The molecule has 0 radical (unpaired) electrons. The van der Waals surface area contributed by atoms with Gasteiger partial charge in [0.05, 0.1) is 4.99 Å². The highest BCUT2D eigenvalue weighted by atomic mass is 35.5. The number of amides is 2. The molecule has 0 spiro atoms. The minimum Gasteiger partial charge on any atom is -0.393 e. The van der Waals surface area contributed by atoms with Crippen molar-refractivity contribution in [2.45, 2.75) is 26.7 Å². The Kier molecular flexibility index (Phi) is 4.74. The van der Waals surface area contributed by atoms with Crippen LogP contribution < -0.4 is 11.1 Å². The maximum absolute atomic E-state index is 12.3. The highest BCUT2D eigenvalue weighted by Gasteiger charge is 2.34. The van der Waals surface area contributed by atoms with Gasteiger partial charge in [-0.25, -0.2) is 4.79 Å². The number of aryl methyl sites for hydroxylation is 1. The summed E-state index contributed by atoms with van der Waals surface area (Å²) in [6.07, 6.45) is 1.59. The number of halogens is 1. The number of anilines is 1. The van der Waals surface area contributed by atoms with E-state index in [9.17, 15) is 4.79 Å². The second-order valence-electron chi connectivity index (χ2n) is 5.81. The first-order chi connectivity index (χ1) is 9.82. The fraction of sp³-hybridized carbons (Fsp3) is 0.467. The molecule has 1 aliphatic rings. The monoisotopic (exact) mass is 325 g/mol. The lowest BCUT2D eigenvalue weighted by Crippen LogP contribution is -2.47. The molecule has 0 bridgehead atoms. The predicted octanol–water partition coefficient (Wildman–Crippen LogP) is 3.57. The summed E-state index contributed by atoms with van der Waals surface area (Å²) in [4.78, 5) is 14.6. The number of nitrogens with zero attached hydrogens (tertiary/aromatic N) is 1. The topological polar surface area (TPSA) is 58.4 Å². The van der Waals surface area contributed by atoms with Gasteiger partial charge in [-0.3, -0.25) is 0 Å². The zero-order chi connectivity index (χ0) is 15.6. The second-order valence-corrected chi connectivity index (χ2v) is 6.65. The van der Waals surface area contributed by atoms with Gasteiger partial charge >= 0.3 is 6.03 Å². The number of likely N-dealkylation sites (tertiary alicyclic amines) is 1. The summed E-state index contributed by atoms with van der Waals surface area (Å²) in [5.41, 5.74) is 7.33. The number of carbonyl (C=O) groups excluding carboxylic acids is 1. The van der Waals surface area contributed by atoms with E-state index >= 15 is 0 Å². The smallest absolute Gasteiger partial charge is 0.321 e. The summed E-state index contributed by atoms with van der Waals surface area (Å²) in [7, 11) is 0. The lowest BCUT2D eigenvalue weighted by Gasteiger charge is -2.38. The molecule has 1 aliphatic heterocycles. The molecule has 3 N–H and O–H groups in total. The van der Waals surface area contributed by atoms with Crippen LogP contribution in [-0.2, 0) is 0 Å². The molecule has 21 heavy (non-hydrogen) atoms. The number of hydrogen-bond acceptors (Lipinski definition) is 2. The molecule has 0 aliphatic carbocycles. The Bertz CT molecular complexity index is 568. The van der Waals surface area contributed by atoms with Crippen molar-refractivity contribution >= 4 is 40.5 Å². The van der Waals surface area contributed by atoms with Gasteiger partial charge in [0.15, 0.2) is 0 Å². The first-order valence-corrected chi connectivity index (χ1v) is 7.72. The fourth-order valence-corrected chi connectivity index (χ4v) is 2.71. The molecule has 0 saturated carbocycles. The molecule has 2 rings (SSSR count). The summed E-state index contributed by atoms with van der Waals surface area (Å²) in [5, 5.41) is 3.52. The van der Waals surface area contributed by atoms with Crippen LogP contribution in [0.1, 0.15) is 25.3 Å². The summed E-state index contributed by atoms with van der Waals surface area (Å²) < 4.78 is 0. The average molecular weight is 326 g/mol. The number of thiocarbonyl (C=S) groups is 1. The molecular weight excluding hydrogens is 306 g/mol. The number of benzene rings is 1. The lowest BCUT2D eigenvalue weighted by molar-refractivity contribution is 0.171. The summed E-state index contributed by atoms with van der Waals surface area (Å²) in [6.45, 7) is 5.29. The van der Waals surface area contributed by atoms with Crippen molar-refractivity contribution in [3.8, 4) is 0 Å². The van der Waals surface area contributed by atoms with Crippen LogP contribution in [-0.4, -0.2) is 29.0 Å². The number of carbonyl (C=O) groups is 1. The highest BCUT2D eigenvalue weighted by Crippen LogP contribution is 2.31. The third-order valence-corrected chi connectivity index (χ3v) is 5.07. The normalized spacial score (nSPS) is 17.4. The van der Waals surface area contributed by atoms with Crippen molar-refractivity contribution in [2.24, 2.45) is 11.1 Å². The second kappa shape index (κ2) is 6.20. The summed E-state index contributed by atoms with van der Waals surface area (Å²) in [5.74, 6) is 0. The molecule has 0 aromatic heterocycles. The zero-order valence-corrected chi connectivity index (χ0v) is 13.9. The van der Waals surface area contributed by atoms with Gasteiger partial charge in [-0.15, -0.1) is 0 Å². The van der Waals surface area contributed by atoms with Crippen LogP contribution in [0.25, 0.3) is 0 Å². The number of nitrogens with two attached hydrogens (primary N) is 1. The van der Waals surface area contributed by atoms with E-state index in [1.165, 1.54) is 0 Å². The van der Waals surface area contributed by atoms with Crippen molar-refractivity contribution in [2.75, 3.05) is 18.4 Å². The van der Waals surface area contributed by atoms with Crippen LogP contribution in [0.4, 0.5) is 10.5 Å². The van der Waals surface area contributed by atoms with E-state index < -0.39 is 0 Å². The molecule has 4 nitrogen and oxygen atoms in total. The molecule has 1 saturated heterocycles. The van der Waals surface area contributed by atoms with Gasteiger partial charge in [0.1, 0.15) is 0 Å². The van der Waals surface area contributed by atoms with E-state index in [1.807, 2.05) is 19.1 Å². The molecular formula is C15H20ClN3OS. The van der Waals surface area contributed by atoms with Gasteiger partial charge < -0.3 is 16.0 Å². The van der Waals surface area contributed by atoms with Gasteiger partial charge in [0.25, 0.3) is 0 Å². The van der Waals surface area contributed by atoms with Gasteiger partial charge in [-0.2, -0.15) is 0 Å². The molecule has 1 aromatic rings. The van der Waals surface area contributed by atoms with E-state index in [0.29, 0.717) is 28.8 Å². The Hall–Kier alpha value is -1.33. The number of hydrogen-bond donors (Lipinski definition) is 2. The molecule has 1 heterocycles. The first kappa shape index (κ1) is 16.0. The van der Waals surface area contributed by atoms with Crippen LogP contribution in [0, 0.1) is 12.3 Å². The fourth-order valence-electron chi connectivity index (χ4n) is 2.32. The molecule has 6 heteroatoms. The van der Waals surface area contributed by atoms with Crippen molar-refractivity contribution < 1.29 is 4.79 Å². The number of urea groups is 1. The van der Waals surface area contributed by atoms with Crippen molar-refractivity contribution in [1.29, 1.82) is 0 Å². The third kappa shape index (κ3) is 3.66. The molecule has 0 unspecified atom stereocenters. The molecule has 1 aromatic carbocycles. The Morgan fingerprint density at radius 3 is 2.57 bits per heavy atom. The predicted molar refractivity (Wildman–Crippen MR) is 90.9 cm³/mol. The average Bonchev–Trinajstić information content (AvgIpc) is 2.43. The standard InChI is InChI=1S/C15H20ClN3OS/c1-10-3-4-11(9-12(10)16)18-14(20)19-7-5-15(2,6-8-19)13(17)21/h3-4,9H,5-8H2,1-2H3,(H2,17,21)(H,18,20). The van der Waals surface area contributed by atoms with Crippen LogP contribution in [0.15, 0.2) is 18.2 Å². The molecule has 2 amide bonds. The summed E-state index contributed by atoms with van der Waals surface area (Å²) in [6, 6.07) is 5.39. The van der Waals surface area contributed by atoms with Crippen LogP contribution >= 0.6 is 23.8 Å². The molecule has 0 atom stereocenters. The first-order valence-electron chi connectivity index (χ1n) is 6.94. The molecule has 1 fully saturated rings. The number of nitrogens with one attached hydrogen (secondary N) is 1. The van der Waals surface area contributed by atoms with Gasteiger partial charge in [0, 0.05) is 29.2 Å². The van der Waals surface area contributed by atoms with E-state index in [0.717, 1.165) is 18.4 Å². The SMILES string of the molecule is Cc1ccc(NC(=O)N2CCC(C)(C(N)=S)CC2)cc1Cl. The highest BCUT2D eigenvalue weighted by molar-refractivity contribution is 7.80. The van der Waals surface area contributed by atoms with E-state index in [1.54, 1.807) is 11.0 Å². The van der Waals surface area contributed by atoms with Gasteiger partial charge in [-0.1, -0.05) is 36.8 Å². The maximum atomic E-state index is 12.3. The maximum Gasteiger partial charge on any atom is 0.321 e. The minimum atomic E-state index is -0.140. The third-order valence-electron chi connectivity index (χ3n) is 4.17. The van der Waals surface area contributed by atoms with Crippen molar-refractivity contribution in [3.05, 3.63) is 28.8 Å². The largest absolute Gasteiger partial charge is 0.393 e. The number of rotatable bonds is 2. The van der Waals surface area contributed by atoms with Crippen LogP contribution in [0.2, 0.25) is 5.02 Å². The van der Waals surface area contributed by atoms with Gasteiger partial charge in [-0.05, 0) is 37.5 Å². The lowest BCUT2D eigenvalue weighted by atomic mass is 9.80. The minimum absolute atomic E-state index is 0.111. The van der Waals surface area contributed by atoms with Gasteiger partial charge in [0.2, 0.25) is 0 Å². The Balaban J connectivity index is 1.96.